The largest absolute Gasteiger partial charge is 0.481 e. The lowest BCUT2D eigenvalue weighted by atomic mass is 10.3. The first-order valence-corrected chi connectivity index (χ1v) is 5.45. The van der Waals surface area contributed by atoms with Crippen LogP contribution in [0.5, 0.6) is 5.75 Å². The SMILES string of the molecule is O=C(COc1ccccc1F)NNc1ncccn1. The van der Waals surface area contributed by atoms with Gasteiger partial charge in [0.15, 0.2) is 18.2 Å². The van der Waals surface area contributed by atoms with Gasteiger partial charge in [0.2, 0.25) is 5.95 Å². The predicted molar refractivity (Wildman–Crippen MR) is 65.7 cm³/mol. The number of ether oxygens (including phenoxy) is 1. The summed E-state index contributed by atoms with van der Waals surface area (Å²) in [6.45, 7) is -0.319. The van der Waals surface area contributed by atoms with E-state index in [-0.39, 0.29) is 18.3 Å². The standard InChI is InChI=1S/C12H11FN4O2/c13-9-4-1-2-5-10(9)19-8-11(18)16-17-12-14-6-3-7-15-12/h1-7H,8H2,(H,16,18)(H,14,15,17). The molecule has 2 N–H and O–H groups in total. The normalized spacial score (nSPS) is 9.74. The highest BCUT2D eigenvalue weighted by Crippen LogP contribution is 2.14. The van der Waals surface area contributed by atoms with Crippen molar-refractivity contribution in [2.45, 2.75) is 0 Å². The Hall–Kier alpha value is -2.70. The Balaban J connectivity index is 1.78. The Morgan fingerprint density at radius 2 is 1.95 bits per heavy atom. The highest BCUT2D eigenvalue weighted by molar-refractivity contribution is 5.78. The van der Waals surface area contributed by atoms with Crippen molar-refractivity contribution in [1.82, 2.24) is 15.4 Å². The summed E-state index contributed by atoms with van der Waals surface area (Å²) in [6.07, 6.45) is 3.05. The zero-order valence-electron chi connectivity index (χ0n) is 9.84. The highest BCUT2D eigenvalue weighted by Gasteiger charge is 2.06. The zero-order valence-corrected chi connectivity index (χ0v) is 9.84. The predicted octanol–water partition coefficient (Wildman–Crippen LogP) is 1.14. The summed E-state index contributed by atoms with van der Waals surface area (Å²) in [6, 6.07) is 7.50. The van der Waals surface area contributed by atoms with E-state index in [2.05, 4.69) is 20.8 Å². The maximum atomic E-state index is 13.2. The van der Waals surface area contributed by atoms with Crippen LogP contribution in [0, 0.1) is 5.82 Å². The lowest BCUT2D eigenvalue weighted by molar-refractivity contribution is -0.122. The summed E-state index contributed by atoms with van der Waals surface area (Å²) >= 11 is 0. The first kappa shape index (κ1) is 12.7. The number of anilines is 1. The minimum Gasteiger partial charge on any atom is -0.481 e. The number of benzene rings is 1. The van der Waals surface area contributed by atoms with Gasteiger partial charge in [0.05, 0.1) is 0 Å². The average molecular weight is 262 g/mol. The van der Waals surface area contributed by atoms with Crippen LogP contribution in [-0.4, -0.2) is 22.5 Å². The third-order valence-corrected chi connectivity index (χ3v) is 2.07. The molecule has 0 aliphatic rings. The summed E-state index contributed by atoms with van der Waals surface area (Å²) in [5.74, 6) is -0.722. The Labute approximate surface area is 108 Å². The van der Waals surface area contributed by atoms with Gasteiger partial charge in [0.1, 0.15) is 0 Å². The molecular formula is C12H11FN4O2. The molecule has 0 saturated heterocycles. The first-order chi connectivity index (χ1) is 9.25. The number of nitrogens with zero attached hydrogens (tertiary/aromatic N) is 2. The molecule has 7 heteroatoms. The van der Waals surface area contributed by atoms with Gasteiger partial charge in [-0.25, -0.2) is 14.4 Å². The van der Waals surface area contributed by atoms with Crippen LogP contribution < -0.4 is 15.6 Å². The van der Waals surface area contributed by atoms with Gasteiger partial charge in [0.25, 0.3) is 5.91 Å². The van der Waals surface area contributed by atoms with Crippen LogP contribution in [0.4, 0.5) is 10.3 Å². The third kappa shape index (κ3) is 3.91. The Morgan fingerprint density at radius 1 is 1.21 bits per heavy atom. The number of hydrogen-bond acceptors (Lipinski definition) is 5. The van der Waals surface area contributed by atoms with Crippen LogP contribution in [-0.2, 0) is 4.79 Å². The van der Waals surface area contributed by atoms with Crippen LogP contribution in [0.25, 0.3) is 0 Å². The first-order valence-electron chi connectivity index (χ1n) is 5.45. The van der Waals surface area contributed by atoms with Gasteiger partial charge < -0.3 is 4.74 Å². The summed E-state index contributed by atoms with van der Waals surface area (Å²) in [7, 11) is 0. The number of aromatic nitrogens is 2. The summed E-state index contributed by atoms with van der Waals surface area (Å²) < 4.78 is 18.2. The van der Waals surface area contributed by atoms with Crippen molar-refractivity contribution in [2.75, 3.05) is 12.0 Å². The van der Waals surface area contributed by atoms with E-state index in [1.807, 2.05) is 0 Å². The lowest BCUT2D eigenvalue weighted by Gasteiger charge is -2.08. The molecule has 1 amide bonds. The minimum atomic E-state index is -0.519. The molecule has 6 nitrogen and oxygen atoms in total. The number of carbonyl (C=O) groups excluding carboxylic acids is 1. The Kier molecular flexibility index (Phi) is 4.22. The van der Waals surface area contributed by atoms with Crippen molar-refractivity contribution in [2.24, 2.45) is 0 Å². The molecule has 19 heavy (non-hydrogen) atoms. The van der Waals surface area contributed by atoms with Gasteiger partial charge in [-0.1, -0.05) is 12.1 Å². The summed E-state index contributed by atoms with van der Waals surface area (Å²) in [5, 5.41) is 0. The van der Waals surface area contributed by atoms with Crippen LogP contribution in [0.1, 0.15) is 0 Å². The van der Waals surface area contributed by atoms with Crippen LogP contribution >= 0.6 is 0 Å². The number of amides is 1. The van der Waals surface area contributed by atoms with E-state index in [9.17, 15) is 9.18 Å². The van der Waals surface area contributed by atoms with E-state index in [0.29, 0.717) is 0 Å². The molecular weight excluding hydrogens is 251 g/mol. The number of halogens is 1. The molecule has 98 valence electrons. The van der Waals surface area contributed by atoms with Gasteiger partial charge in [0, 0.05) is 12.4 Å². The van der Waals surface area contributed by atoms with Gasteiger partial charge >= 0.3 is 0 Å². The van der Waals surface area contributed by atoms with Crippen molar-refractivity contribution < 1.29 is 13.9 Å². The summed E-state index contributed by atoms with van der Waals surface area (Å²) in [5.41, 5.74) is 4.83. The van der Waals surface area contributed by atoms with Gasteiger partial charge in [-0.15, -0.1) is 0 Å². The minimum absolute atomic E-state index is 0.0219. The molecule has 0 radical (unpaired) electrons. The molecule has 0 unspecified atom stereocenters. The van der Waals surface area contributed by atoms with Crippen molar-refractivity contribution in [3.8, 4) is 5.75 Å². The maximum Gasteiger partial charge on any atom is 0.276 e. The fraction of sp³-hybridized carbons (Fsp3) is 0.0833. The zero-order chi connectivity index (χ0) is 13.5. The molecule has 0 bridgehead atoms. The van der Waals surface area contributed by atoms with E-state index in [1.54, 1.807) is 12.1 Å². The lowest BCUT2D eigenvalue weighted by Crippen LogP contribution is -2.34. The Morgan fingerprint density at radius 3 is 2.68 bits per heavy atom. The molecule has 0 spiro atoms. The molecule has 2 aromatic rings. The second-order valence-electron chi connectivity index (χ2n) is 3.46. The number of hydrogen-bond donors (Lipinski definition) is 2. The van der Waals surface area contributed by atoms with Crippen LogP contribution in [0.15, 0.2) is 42.7 Å². The topological polar surface area (TPSA) is 76.1 Å². The molecule has 0 atom stereocenters. The highest BCUT2D eigenvalue weighted by atomic mass is 19.1. The maximum absolute atomic E-state index is 13.2. The van der Waals surface area contributed by atoms with Gasteiger partial charge in [-0.2, -0.15) is 0 Å². The van der Waals surface area contributed by atoms with E-state index in [4.69, 9.17) is 4.74 Å². The third-order valence-electron chi connectivity index (χ3n) is 2.07. The van der Waals surface area contributed by atoms with Crippen molar-refractivity contribution in [1.29, 1.82) is 0 Å². The average Bonchev–Trinajstić information content (AvgIpc) is 2.45. The fourth-order valence-corrected chi connectivity index (χ4v) is 1.23. The van der Waals surface area contributed by atoms with Crippen molar-refractivity contribution in [3.63, 3.8) is 0 Å². The summed E-state index contributed by atoms with van der Waals surface area (Å²) in [4.78, 5) is 19.1. The van der Waals surface area contributed by atoms with Crippen LogP contribution in [0.2, 0.25) is 0 Å². The van der Waals surface area contributed by atoms with Gasteiger partial charge in [-0.3, -0.25) is 15.6 Å². The second kappa shape index (κ2) is 6.29. The molecule has 1 aromatic heterocycles. The van der Waals surface area contributed by atoms with Crippen LogP contribution in [0.3, 0.4) is 0 Å². The van der Waals surface area contributed by atoms with Crippen molar-refractivity contribution in [3.05, 3.63) is 48.5 Å². The number of rotatable bonds is 5. The molecule has 1 aromatic carbocycles. The Bertz CT molecular complexity index is 550. The molecule has 0 fully saturated rings. The monoisotopic (exact) mass is 262 g/mol. The smallest absolute Gasteiger partial charge is 0.276 e. The molecule has 0 saturated carbocycles. The fourth-order valence-electron chi connectivity index (χ4n) is 1.23. The number of nitrogens with one attached hydrogen (secondary N) is 2. The van der Waals surface area contributed by atoms with E-state index < -0.39 is 11.7 Å². The van der Waals surface area contributed by atoms with E-state index >= 15 is 0 Å². The molecule has 0 aliphatic heterocycles. The van der Waals surface area contributed by atoms with E-state index in [1.165, 1.54) is 30.6 Å². The molecule has 1 heterocycles. The number of para-hydroxylation sites is 1. The molecule has 0 aliphatic carbocycles. The van der Waals surface area contributed by atoms with Crippen molar-refractivity contribution >= 4 is 11.9 Å². The van der Waals surface area contributed by atoms with Gasteiger partial charge in [-0.05, 0) is 18.2 Å². The van der Waals surface area contributed by atoms with E-state index in [0.717, 1.165) is 0 Å². The second-order valence-corrected chi connectivity index (χ2v) is 3.46. The number of hydrazine groups is 1. The quantitative estimate of drug-likeness (QED) is 0.790. The number of carbonyl (C=O) groups is 1. The molecule has 2 rings (SSSR count).